The van der Waals surface area contributed by atoms with E-state index in [2.05, 4.69) is 10.7 Å². The van der Waals surface area contributed by atoms with Crippen LogP contribution >= 0.6 is 16.1 Å². The predicted molar refractivity (Wildman–Crippen MR) is 130 cm³/mol. The molecule has 1 heterocycles. The van der Waals surface area contributed by atoms with E-state index in [0.29, 0.717) is 6.42 Å². The Labute approximate surface area is 206 Å². The Morgan fingerprint density at radius 2 is 1.82 bits per heavy atom. The molecule has 13 heteroatoms. The second-order valence-corrected chi connectivity index (χ2v) is 11.9. The number of nitrogens with zero attached hydrogens (tertiary/aromatic N) is 2. The zero-order chi connectivity index (χ0) is 25.9. The summed E-state index contributed by atoms with van der Waals surface area (Å²) >= 11 is 0. The molecule has 0 aliphatic carbocycles. The summed E-state index contributed by atoms with van der Waals surface area (Å²) in [6.07, 6.45) is -0.302. The van der Waals surface area contributed by atoms with E-state index in [1.54, 1.807) is 13.8 Å². The minimum absolute atomic E-state index is 0.0791. The molecular formula is C21H39BN2O8P2. The van der Waals surface area contributed by atoms with Gasteiger partial charge in [0, 0.05) is 37.9 Å². The number of hydrogen-bond acceptors (Lipinski definition) is 10. The van der Waals surface area contributed by atoms with Crippen LogP contribution in [0.2, 0.25) is 0 Å². The van der Waals surface area contributed by atoms with Gasteiger partial charge in [0.15, 0.2) is 0 Å². The van der Waals surface area contributed by atoms with Gasteiger partial charge in [-0.05, 0) is 41.5 Å². The summed E-state index contributed by atoms with van der Waals surface area (Å²) in [6.45, 7) is 13.3. The number of hydrogen-bond donors (Lipinski definition) is 0. The summed E-state index contributed by atoms with van der Waals surface area (Å²) in [5.74, 6) is -1.73. The highest BCUT2D eigenvalue weighted by Gasteiger charge is 2.44. The Balaban J connectivity index is 2.99. The zero-order valence-electron chi connectivity index (χ0n) is 21.3. The van der Waals surface area contributed by atoms with Gasteiger partial charge in [0.25, 0.3) is 8.53 Å². The fraction of sp³-hybridized carbons (Fsp3) is 0.905. The van der Waals surface area contributed by atoms with E-state index in [9.17, 15) is 9.36 Å². The van der Waals surface area contributed by atoms with E-state index in [1.165, 1.54) is 6.92 Å². The van der Waals surface area contributed by atoms with Crippen molar-refractivity contribution in [1.82, 2.24) is 4.67 Å². The lowest BCUT2D eigenvalue weighted by Crippen LogP contribution is -2.36. The minimum atomic E-state index is -3.73. The minimum Gasteiger partial charge on any atom is -0.449 e. The van der Waals surface area contributed by atoms with Crippen LogP contribution in [0.5, 0.6) is 0 Å². The van der Waals surface area contributed by atoms with Crippen LogP contribution in [0.1, 0.15) is 67.7 Å². The van der Waals surface area contributed by atoms with Crippen LogP contribution in [0, 0.1) is 11.3 Å². The standard InChI is InChI=1S/C21H39BN2O8P2/c1-8-28-34(26,29-9-2)20(30-17(7)25)14-18-13-19(21(22)31-18)32-33(27-12-10-11-23)24(15(3)4)16(5)6/h15-16,18-21H,8-10,12-14H2,1-7H3/t18-,19?,20?,21+,33?/m0/s1. The van der Waals surface area contributed by atoms with Crippen molar-refractivity contribution in [1.29, 1.82) is 5.26 Å². The molecule has 2 radical (unpaired) electrons. The molecule has 0 saturated carbocycles. The zero-order valence-corrected chi connectivity index (χ0v) is 23.1. The lowest BCUT2D eigenvalue weighted by atomic mass is 9.94. The van der Waals surface area contributed by atoms with Crippen molar-refractivity contribution in [3.63, 3.8) is 0 Å². The molecule has 0 aromatic carbocycles. The maximum Gasteiger partial charge on any atom is 0.371 e. The third-order valence-electron chi connectivity index (χ3n) is 4.84. The molecule has 0 amide bonds. The SMILES string of the molecule is [B][C@@H]1O[C@H](CC(OC(C)=O)P(=O)(OCC)OCC)CC1OP(OCCC#N)N(C(C)C)C(C)C. The third-order valence-corrected chi connectivity index (χ3v) is 9.25. The quantitative estimate of drug-likeness (QED) is 0.125. The molecule has 0 N–H and O–H groups in total. The average Bonchev–Trinajstić information content (AvgIpc) is 3.06. The fourth-order valence-corrected chi connectivity index (χ4v) is 7.29. The van der Waals surface area contributed by atoms with Gasteiger partial charge in [0.05, 0.1) is 44.5 Å². The second-order valence-electron chi connectivity index (χ2n) is 8.32. The highest BCUT2D eigenvalue weighted by atomic mass is 31.2. The summed E-state index contributed by atoms with van der Waals surface area (Å²) in [7, 11) is 0.992. The Kier molecular flexibility index (Phi) is 14.4. The first-order valence-electron chi connectivity index (χ1n) is 11.7. The van der Waals surface area contributed by atoms with E-state index in [4.69, 9.17) is 40.7 Å². The lowest BCUT2D eigenvalue weighted by Gasteiger charge is -2.37. The van der Waals surface area contributed by atoms with Crippen LogP contribution in [0.4, 0.5) is 0 Å². The predicted octanol–water partition coefficient (Wildman–Crippen LogP) is 4.48. The summed E-state index contributed by atoms with van der Waals surface area (Å²) in [5, 5.41) is 8.89. The first-order valence-corrected chi connectivity index (χ1v) is 14.4. The molecule has 34 heavy (non-hydrogen) atoms. The van der Waals surface area contributed by atoms with Crippen LogP contribution in [-0.4, -0.2) is 74.4 Å². The van der Waals surface area contributed by atoms with Crippen LogP contribution < -0.4 is 0 Å². The van der Waals surface area contributed by atoms with E-state index < -0.39 is 46.1 Å². The Hall–Kier alpha value is -0.555. The molecule has 1 aliphatic rings. The number of nitriles is 1. The molecule has 5 atom stereocenters. The van der Waals surface area contributed by atoms with E-state index in [-0.39, 0.29) is 44.7 Å². The van der Waals surface area contributed by atoms with Crippen LogP contribution in [0.15, 0.2) is 0 Å². The molecule has 0 aromatic heterocycles. The van der Waals surface area contributed by atoms with Gasteiger partial charge < -0.3 is 27.6 Å². The second kappa shape index (κ2) is 15.5. The molecule has 1 rings (SSSR count). The molecule has 194 valence electrons. The van der Waals surface area contributed by atoms with Crippen molar-refractivity contribution >= 4 is 29.9 Å². The number of rotatable bonds is 16. The van der Waals surface area contributed by atoms with Gasteiger partial charge >= 0.3 is 13.6 Å². The topological polar surface area (TPSA) is 117 Å². The highest BCUT2D eigenvalue weighted by Crippen LogP contribution is 2.56. The van der Waals surface area contributed by atoms with E-state index >= 15 is 0 Å². The van der Waals surface area contributed by atoms with Crippen LogP contribution in [0.25, 0.3) is 0 Å². The Bertz CT molecular complexity index is 691. The Morgan fingerprint density at radius 1 is 1.24 bits per heavy atom. The maximum atomic E-state index is 13.3. The molecule has 0 aromatic rings. The number of ether oxygens (including phenoxy) is 2. The maximum absolute atomic E-state index is 13.3. The number of carbonyl (C=O) groups is 1. The van der Waals surface area contributed by atoms with E-state index in [0.717, 1.165) is 0 Å². The van der Waals surface area contributed by atoms with Crippen molar-refractivity contribution < 1.29 is 36.9 Å². The van der Waals surface area contributed by atoms with Crippen molar-refractivity contribution in [2.45, 2.75) is 104 Å². The van der Waals surface area contributed by atoms with Crippen molar-refractivity contribution in [2.24, 2.45) is 0 Å². The molecule has 1 saturated heterocycles. The van der Waals surface area contributed by atoms with Gasteiger partial charge in [-0.2, -0.15) is 5.26 Å². The monoisotopic (exact) mass is 520 g/mol. The molecule has 0 spiro atoms. The molecule has 1 aliphatic heterocycles. The Morgan fingerprint density at radius 3 is 2.29 bits per heavy atom. The lowest BCUT2D eigenvalue weighted by molar-refractivity contribution is -0.144. The van der Waals surface area contributed by atoms with Gasteiger partial charge in [0.1, 0.15) is 7.85 Å². The number of carbonyl (C=O) groups excluding carboxylic acids is 1. The summed E-state index contributed by atoms with van der Waals surface area (Å²) in [5.41, 5.74) is 0. The van der Waals surface area contributed by atoms with E-state index in [1.807, 2.05) is 27.7 Å². The molecule has 3 unspecified atom stereocenters. The van der Waals surface area contributed by atoms with Crippen molar-refractivity contribution in [3.8, 4) is 6.07 Å². The normalized spacial score (nSPS) is 22.8. The van der Waals surface area contributed by atoms with Crippen molar-refractivity contribution in [2.75, 3.05) is 19.8 Å². The molecule has 1 fully saturated rings. The summed E-state index contributed by atoms with van der Waals surface area (Å²) in [6, 6.07) is 1.59. The highest BCUT2D eigenvalue weighted by molar-refractivity contribution is 7.54. The largest absolute Gasteiger partial charge is 0.449 e. The smallest absolute Gasteiger partial charge is 0.371 e. The third kappa shape index (κ3) is 9.83. The van der Waals surface area contributed by atoms with Gasteiger partial charge in [-0.1, -0.05) is 0 Å². The average molecular weight is 520 g/mol. The molecule has 0 bridgehead atoms. The van der Waals surface area contributed by atoms with Crippen molar-refractivity contribution in [3.05, 3.63) is 0 Å². The fourth-order valence-electron chi connectivity index (χ4n) is 3.65. The first kappa shape index (κ1) is 31.5. The number of esters is 1. The summed E-state index contributed by atoms with van der Waals surface area (Å²) < 4.78 is 49.6. The molecular weight excluding hydrogens is 481 g/mol. The summed E-state index contributed by atoms with van der Waals surface area (Å²) in [4.78, 5) is 11.7. The first-order chi connectivity index (χ1) is 16.0. The van der Waals surface area contributed by atoms with Gasteiger partial charge in [-0.3, -0.25) is 9.36 Å². The molecule has 10 nitrogen and oxygen atoms in total. The van der Waals surface area contributed by atoms with Gasteiger partial charge in [-0.15, -0.1) is 0 Å². The van der Waals surface area contributed by atoms with Gasteiger partial charge in [-0.25, -0.2) is 4.67 Å². The van der Waals surface area contributed by atoms with Gasteiger partial charge in [0.2, 0.25) is 5.85 Å². The van der Waals surface area contributed by atoms with Crippen LogP contribution in [-0.2, 0) is 36.9 Å². The van der Waals surface area contributed by atoms with Crippen LogP contribution in [0.3, 0.4) is 0 Å².